The van der Waals surface area contributed by atoms with Crippen LogP contribution >= 0.6 is 35.0 Å². The lowest BCUT2D eigenvalue weighted by molar-refractivity contribution is -0.387. The fourth-order valence-electron chi connectivity index (χ4n) is 2.26. The molecule has 3 aromatic rings. The van der Waals surface area contributed by atoms with Gasteiger partial charge in [0, 0.05) is 16.7 Å². The first-order valence-electron chi connectivity index (χ1n) is 8.57. The molecule has 160 valence electrons. The van der Waals surface area contributed by atoms with Gasteiger partial charge in [-0.1, -0.05) is 29.3 Å². The maximum Gasteiger partial charge on any atom is 0.283 e. The van der Waals surface area contributed by atoms with Gasteiger partial charge >= 0.3 is 0 Å². The molecule has 0 spiro atoms. The van der Waals surface area contributed by atoms with Crippen molar-refractivity contribution in [1.29, 1.82) is 0 Å². The SMILES string of the molecule is Cc1nc(Sc2ccc(/C=N\NC(=O)COc3ccc(Cl)cc3Cl)cc2[N+](=O)[O-])n[nH]1. The van der Waals surface area contributed by atoms with Gasteiger partial charge in [-0.15, -0.1) is 5.10 Å². The molecule has 13 heteroatoms. The molecule has 0 aliphatic rings. The van der Waals surface area contributed by atoms with E-state index in [2.05, 4.69) is 25.7 Å². The van der Waals surface area contributed by atoms with Crippen molar-refractivity contribution in [2.24, 2.45) is 5.10 Å². The molecule has 2 N–H and O–H groups in total. The van der Waals surface area contributed by atoms with Crippen LogP contribution in [0, 0.1) is 17.0 Å². The number of halogens is 2. The van der Waals surface area contributed by atoms with Gasteiger partial charge < -0.3 is 4.74 Å². The molecule has 2 aromatic carbocycles. The minimum absolute atomic E-state index is 0.136. The van der Waals surface area contributed by atoms with Crippen molar-refractivity contribution in [3.63, 3.8) is 0 Å². The first-order valence-corrected chi connectivity index (χ1v) is 10.1. The number of benzene rings is 2. The molecule has 1 amide bonds. The van der Waals surface area contributed by atoms with Crippen molar-refractivity contribution in [2.75, 3.05) is 6.61 Å². The van der Waals surface area contributed by atoms with Gasteiger partial charge in [0.05, 0.1) is 21.1 Å². The van der Waals surface area contributed by atoms with E-state index in [1.165, 1.54) is 18.3 Å². The zero-order valence-electron chi connectivity index (χ0n) is 15.8. The Labute approximate surface area is 190 Å². The lowest BCUT2D eigenvalue weighted by Gasteiger charge is -2.07. The fourth-order valence-corrected chi connectivity index (χ4v) is 3.56. The van der Waals surface area contributed by atoms with Crippen molar-refractivity contribution < 1.29 is 14.5 Å². The van der Waals surface area contributed by atoms with Crippen molar-refractivity contribution in [3.8, 4) is 5.75 Å². The Balaban J connectivity index is 1.60. The van der Waals surface area contributed by atoms with Gasteiger partial charge in [0.25, 0.3) is 11.6 Å². The lowest BCUT2D eigenvalue weighted by atomic mass is 10.2. The van der Waals surface area contributed by atoms with Crippen LogP contribution in [-0.2, 0) is 4.79 Å². The molecule has 0 aliphatic carbocycles. The highest BCUT2D eigenvalue weighted by Crippen LogP contribution is 2.33. The third-order valence-electron chi connectivity index (χ3n) is 3.61. The van der Waals surface area contributed by atoms with E-state index >= 15 is 0 Å². The summed E-state index contributed by atoms with van der Waals surface area (Å²) in [6.07, 6.45) is 1.28. The van der Waals surface area contributed by atoms with E-state index in [4.69, 9.17) is 27.9 Å². The van der Waals surface area contributed by atoms with E-state index in [-0.39, 0.29) is 17.3 Å². The van der Waals surface area contributed by atoms with Gasteiger partial charge in [-0.2, -0.15) is 5.10 Å². The Hall–Kier alpha value is -3.15. The number of nitro benzene ring substituents is 1. The predicted molar refractivity (Wildman–Crippen MR) is 116 cm³/mol. The van der Waals surface area contributed by atoms with E-state index < -0.39 is 10.8 Å². The number of aromatic nitrogens is 3. The number of ether oxygens (including phenoxy) is 1. The molecule has 0 atom stereocenters. The van der Waals surface area contributed by atoms with Crippen LogP contribution in [0.3, 0.4) is 0 Å². The van der Waals surface area contributed by atoms with Crippen LogP contribution in [-0.4, -0.2) is 38.8 Å². The van der Waals surface area contributed by atoms with Crippen LogP contribution < -0.4 is 10.2 Å². The number of carbonyl (C=O) groups excluding carboxylic acids is 1. The second-order valence-corrected chi connectivity index (χ2v) is 7.80. The van der Waals surface area contributed by atoms with Crippen LogP contribution in [0.25, 0.3) is 0 Å². The number of nitrogens with one attached hydrogen (secondary N) is 2. The first kappa shape index (κ1) is 22.5. The number of aromatic amines is 1. The zero-order valence-corrected chi connectivity index (χ0v) is 18.2. The first-order chi connectivity index (χ1) is 14.8. The molecule has 3 rings (SSSR count). The summed E-state index contributed by atoms with van der Waals surface area (Å²) in [5.41, 5.74) is 2.56. The molecule has 0 unspecified atom stereocenters. The number of nitrogens with zero attached hydrogens (tertiary/aromatic N) is 4. The molecule has 1 heterocycles. The van der Waals surface area contributed by atoms with Crippen LogP contribution in [0.2, 0.25) is 10.0 Å². The molecule has 0 bridgehead atoms. The molecule has 10 nitrogen and oxygen atoms in total. The number of carbonyl (C=O) groups is 1. The number of hydrogen-bond acceptors (Lipinski definition) is 8. The van der Waals surface area contributed by atoms with E-state index in [1.807, 2.05) is 0 Å². The lowest BCUT2D eigenvalue weighted by Crippen LogP contribution is -2.24. The molecule has 0 saturated heterocycles. The third kappa shape index (κ3) is 6.41. The Morgan fingerprint density at radius 2 is 2.16 bits per heavy atom. The summed E-state index contributed by atoms with van der Waals surface area (Å²) >= 11 is 12.8. The number of H-pyrrole nitrogens is 1. The highest BCUT2D eigenvalue weighted by atomic mass is 35.5. The molecule has 0 radical (unpaired) electrons. The topological polar surface area (TPSA) is 135 Å². The standard InChI is InChI=1S/C18H14Cl2N6O4S/c1-10-22-18(25-23-10)31-16-5-2-11(6-14(16)26(28)29)8-21-24-17(27)9-30-15-4-3-12(19)7-13(15)20/h2-8H,9H2,1H3,(H,24,27)(H,22,23,25)/b21-8-. The van der Waals surface area contributed by atoms with Crippen LogP contribution in [0.4, 0.5) is 5.69 Å². The molecule has 0 saturated carbocycles. The van der Waals surface area contributed by atoms with Gasteiger partial charge in [-0.25, -0.2) is 10.4 Å². The summed E-state index contributed by atoms with van der Waals surface area (Å²) in [6.45, 7) is 1.40. The summed E-state index contributed by atoms with van der Waals surface area (Å²) in [7, 11) is 0. The van der Waals surface area contributed by atoms with E-state index in [9.17, 15) is 14.9 Å². The molecule has 1 aromatic heterocycles. The van der Waals surface area contributed by atoms with Crippen LogP contribution in [0.15, 0.2) is 51.6 Å². The summed E-state index contributed by atoms with van der Waals surface area (Å²) in [5.74, 6) is 0.367. The number of hydrazone groups is 1. The Kier molecular flexibility index (Phi) is 7.45. The number of rotatable bonds is 8. The number of nitro groups is 1. The summed E-state index contributed by atoms with van der Waals surface area (Å²) in [5, 5.41) is 22.9. The van der Waals surface area contributed by atoms with Crippen LogP contribution in [0.1, 0.15) is 11.4 Å². The Morgan fingerprint density at radius 1 is 1.35 bits per heavy atom. The average Bonchev–Trinajstić information content (AvgIpc) is 3.13. The Morgan fingerprint density at radius 3 is 2.84 bits per heavy atom. The molecular weight excluding hydrogens is 467 g/mol. The second kappa shape index (κ2) is 10.2. The Bertz CT molecular complexity index is 1150. The number of amides is 1. The number of hydrogen-bond donors (Lipinski definition) is 2. The van der Waals surface area contributed by atoms with Crippen LogP contribution in [0.5, 0.6) is 5.75 Å². The maximum atomic E-state index is 11.9. The number of aryl methyl sites for hydroxylation is 1. The fraction of sp³-hybridized carbons (Fsp3) is 0.111. The van der Waals surface area contributed by atoms with E-state index in [1.54, 1.807) is 31.2 Å². The summed E-state index contributed by atoms with van der Waals surface area (Å²) < 4.78 is 5.30. The van der Waals surface area contributed by atoms with Gasteiger partial charge in [0.15, 0.2) is 6.61 Å². The van der Waals surface area contributed by atoms with Gasteiger partial charge in [-0.05, 0) is 43.0 Å². The molecular formula is C18H14Cl2N6O4S. The highest BCUT2D eigenvalue weighted by Gasteiger charge is 2.17. The van der Waals surface area contributed by atoms with Gasteiger partial charge in [-0.3, -0.25) is 20.0 Å². The average molecular weight is 481 g/mol. The minimum Gasteiger partial charge on any atom is -0.482 e. The monoisotopic (exact) mass is 480 g/mol. The second-order valence-electron chi connectivity index (χ2n) is 5.95. The third-order valence-corrected chi connectivity index (χ3v) is 5.07. The van der Waals surface area contributed by atoms with Gasteiger partial charge in [0.1, 0.15) is 11.6 Å². The van der Waals surface area contributed by atoms with Gasteiger partial charge in [0.2, 0.25) is 5.16 Å². The molecule has 0 fully saturated rings. The normalized spacial score (nSPS) is 10.9. The van der Waals surface area contributed by atoms with Crippen molar-refractivity contribution in [3.05, 3.63) is 67.9 Å². The summed E-state index contributed by atoms with van der Waals surface area (Å²) in [4.78, 5) is 27.3. The quantitative estimate of drug-likeness (QED) is 0.282. The largest absolute Gasteiger partial charge is 0.482 e. The molecule has 31 heavy (non-hydrogen) atoms. The zero-order chi connectivity index (χ0) is 22.4. The highest BCUT2D eigenvalue weighted by molar-refractivity contribution is 7.99. The van der Waals surface area contributed by atoms with E-state index in [0.29, 0.717) is 32.2 Å². The molecule has 0 aliphatic heterocycles. The summed E-state index contributed by atoms with van der Waals surface area (Å²) in [6, 6.07) is 9.13. The van der Waals surface area contributed by atoms with Crippen molar-refractivity contribution >= 4 is 52.8 Å². The smallest absolute Gasteiger partial charge is 0.283 e. The predicted octanol–water partition coefficient (Wildman–Crippen LogP) is 4.01. The minimum atomic E-state index is -0.538. The van der Waals surface area contributed by atoms with Crippen molar-refractivity contribution in [2.45, 2.75) is 17.0 Å². The maximum absolute atomic E-state index is 11.9. The van der Waals surface area contributed by atoms with Crippen molar-refractivity contribution in [1.82, 2.24) is 20.6 Å². The van der Waals surface area contributed by atoms with E-state index in [0.717, 1.165) is 11.8 Å².